The third-order valence-corrected chi connectivity index (χ3v) is 14.4. The zero-order chi connectivity index (χ0) is 51.0. The molecule has 12 aromatic rings. The molecule has 0 N–H and O–H groups in total. The van der Waals surface area contributed by atoms with Crippen molar-refractivity contribution in [1.82, 2.24) is 9.13 Å². The maximum Gasteiger partial charge on any atom is 0.417 e. The molecule has 10 aromatic carbocycles. The Labute approximate surface area is 426 Å². The number of rotatable bonds is 7. The van der Waals surface area contributed by atoms with Crippen LogP contribution in [-0.2, 0) is 6.18 Å². The third kappa shape index (κ3) is 7.78. The van der Waals surface area contributed by atoms with Crippen molar-refractivity contribution in [3.05, 3.63) is 239 Å². The van der Waals surface area contributed by atoms with E-state index in [1.165, 1.54) is 12.1 Å². The molecule has 4 nitrogen and oxygen atoms in total. The van der Waals surface area contributed by atoms with Gasteiger partial charge in [-0.2, -0.15) is 23.7 Å². The summed E-state index contributed by atoms with van der Waals surface area (Å²) in [6.07, 6.45) is -4.84. The smallest absolute Gasteiger partial charge is 0.307 e. The summed E-state index contributed by atoms with van der Waals surface area (Å²) in [5.41, 5.74) is 15.7. The van der Waals surface area contributed by atoms with E-state index in [-0.39, 0.29) is 22.3 Å². The second-order valence-electron chi connectivity index (χ2n) is 19.4. The Morgan fingerprint density at radius 2 is 0.676 bits per heavy atom. The molecular weight excluding hydrogens is 918 g/mol. The Balaban J connectivity index is 1.24. The fourth-order valence-electron chi connectivity index (χ4n) is 11.0. The van der Waals surface area contributed by atoms with Gasteiger partial charge in [0, 0.05) is 32.7 Å². The number of hydrogen-bond acceptors (Lipinski definition) is 2. The molecule has 0 unspecified atom stereocenters. The van der Waals surface area contributed by atoms with Gasteiger partial charge in [-0.05, 0) is 145 Å². The van der Waals surface area contributed by atoms with E-state index in [1.807, 2.05) is 18.2 Å². The van der Waals surface area contributed by atoms with E-state index in [4.69, 9.17) is 0 Å². The molecular formula is C67H45F3N4. The van der Waals surface area contributed by atoms with Gasteiger partial charge in [0.05, 0.1) is 62.3 Å². The van der Waals surface area contributed by atoms with E-state index in [9.17, 15) is 10.5 Å². The Morgan fingerprint density at radius 3 is 1.00 bits per heavy atom. The first-order chi connectivity index (χ1) is 35.8. The summed E-state index contributed by atoms with van der Waals surface area (Å²) in [6.45, 7) is 8.30. The highest BCUT2D eigenvalue weighted by atomic mass is 19.4. The molecule has 12 rings (SSSR count). The maximum atomic E-state index is 15.3. The summed E-state index contributed by atoms with van der Waals surface area (Å²) in [6, 6.07) is 70.5. The summed E-state index contributed by atoms with van der Waals surface area (Å²) in [5, 5.41) is 25.5. The van der Waals surface area contributed by atoms with Crippen LogP contribution in [0.1, 0.15) is 38.9 Å². The van der Waals surface area contributed by atoms with Gasteiger partial charge in [-0.25, -0.2) is 0 Å². The standard InChI is InChI=1S/C67H45F3N4/c1-40-10-5-14-44(28-40)48-20-24-60-55(32-48)56-33-49(45-15-6-11-41(2)29-45)21-25-61(56)73(60)64-36-53(39-72)54(66-52(38-71)18-9-19-59(66)67(68,69)70)37-65(64)74-62-26-22-50(46-16-7-12-42(3)30-46)34-57(62)58-35-51(23-27-63(58)74)47-17-8-13-43(4)31-47/h5-37H,1-4H3. The summed E-state index contributed by atoms with van der Waals surface area (Å²) in [5.74, 6) is 0. The molecule has 74 heavy (non-hydrogen) atoms. The van der Waals surface area contributed by atoms with Crippen LogP contribution in [0.25, 0.3) is 111 Å². The van der Waals surface area contributed by atoms with Gasteiger partial charge in [0.2, 0.25) is 0 Å². The van der Waals surface area contributed by atoms with Crippen LogP contribution in [0, 0.1) is 50.4 Å². The zero-order valence-electron chi connectivity index (χ0n) is 41.0. The molecule has 0 atom stereocenters. The molecule has 354 valence electrons. The molecule has 7 heteroatoms. The summed E-state index contributed by atoms with van der Waals surface area (Å²) < 4.78 is 50.1. The average Bonchev–Trinajstić information content (AvgIpc) is 3.91. The largest absolute Gasteiger partial charge is 0.417 e. The molecule has 0 aliphatic rings. The molecule has 0 amide bonds. The van der Waals surface area contributed by atoms with E-state index in [2.05, 4.69) is 201 Å². The number of aromatic nitrogens is 2. The zero-order valence-corrected chi connectivity index (χ0v) is 41.0. The number of alkyl halides is 3. The van der Waals surface area contributed by atoms with Crippen LogP contribution in [0.2, 0.25) is 0 Å². The van der Waals surface area contributed by atoms with Crippen LogP contribution in [0.4, 0.5) is 13.2 Å². The normalized spacial score (nSPS) is 11.7. The highest BCUT2D eigenvalue weighted by molar-refractivity contribution is 6.14. The Kier molecular flexibility index (Phi) is 10.9. The van der Waals surface area contributed by atoms with E-state index < -0.39 is 11.7 Å². The average molecular weight is 963 g/mol. The Bertz CT molecular complexity index is 4180. The van der Waals surface area contributed by atoms with Gasteiger partial charge in [0.15, 0.2) is 0 Å². The fraction of sp³-hybridized carbons (Fsp3) is 0.0746. The van der Waals surface area contributed by atoms with Gasteiger partial charge in [0.25, 0.3) is 0 Å². The summed E-state index contributed by atoms with van der Waals surface area (Å²) in [7, 11) is 0. The number of nitrogens with zero attached hydrogens (tertiary/aromatic N) is 4. The van der Waals surface area contributed by atoms with Crippen molar-refractivity contribution in [3.63, 3.8) is 0 Å². The van der Waals surface area contributed by atoms with Gasteiger partial charge in [-0.1, -0.05) is 150 Å². The lowest BCUT2D eigenvalue weighted by Gasteiger charge is -2.21. The maximum absolute atomic E-state index is 15.3. The minimum Gasteiger partial charge on any atom is -0.307 e. The summed E-state index contributed by atoms with van der Waals surface area (Å²) in [4.78, 5) is 0. The van der Waals surface area contributed by atoms with Crippen LogP contribution in [0.5, 0.6) is 0 Å². The molecule has 2 heterocycles. The van der Waals surface area contributed by atoms with Gasteiger partial charge < -0.3 is 9.13 Å². The highest BCUT2D eigenvalue weighted by Gasteiger charge is 2.36. The SMILES string of the molecule is Cc1cccc(-c2ccc3c(c2)c2cc(-c4cccc(C)c4)ccc2n3-c2cc(C#N)c(-c3c(C#N)cccc3C(F)(F)F)cc2-n2c3ccc(-c4cccc(C)c4)cc3c3cc(-c4cccc(C)c4)ccc32)c1. The first-order valence-corrected chi connectivity index (χ1v) is 24.5. The minimum atomic E-state index is -4.84. The lowest BCUT2D eigenvalue weighted by molar-refractivity contribution is -0.137. The quantitative estimate of drug-likeness (QED) is 0.160. The number of nitriles is 2. The van der Waals surface area contributed by atoms with Crippen LogP contribution in [0.3, 0.4) is 0 Å². The number of aryl methyl sites for hydroxylation is 4. The van der Waals surface area contributed by atoms with Crippen LogP contribution < -0.4 is 0 Å². The van der Waals surface area contributed by atoms with Gasteiger partial charge >= 0.3 is 6.18 Å². The van der Waals surface area contributed by atoms with Crippen molar-refractivity contribution in [3.8, 4) is 79.1 Å². The van der Waals surface area contributed by atoms with Crippen molar-refractivity contribution in [1.29, 1.82) is 10.5 Å². The Hall–Kier alpha value is -9.43. The van der Waals surface area contributed by atoms with E-state index in [0.29, 0.717) is 11.4 Å². The van der Waals surface area contributed by atoms with Crippen molar-refractivity contribution in [2.75, 3.05) is 0 Å². The molecule has 0 spiro atoms. The molecule has 0 aliphatic carbocycles. The van der Waals surface area contributed by atoms with Crippen molar-refractivity contribution in [2.24, 2.45) is 0 Å². The Morgan fingerprint density at radius 1 is 0.351 bits per heavy atom. The second-order valence-corrected chi connectivity index (χ2v) is 19.4. The monoisotopic (exact) mass is 962 g/mol. The lowest BCUT2D eigenvalue weighted by Crippen LogP contribution is -2.10. The van der Waals surface area contributed by atoms with Crippen molar-refractivity contribution < 1.29 is 13.2 Å². The predicted octanol–water partition coefficient (Wildman–Crippen LogP) is 18.2. The molecule has 2 aromatic heterocycles. The summed E-state index contributed by atoms with van der Waals surface area (Å²) >= 11 is 0. The molecule has 0 radical (unpaired) electrons. The molecule has 0 fully saturated rings. The van der Waals surface area contributed by atoms with Crippen LogP contribution >= 0.6 is 0 Å². The van der Waals surface area contributed by atoms with E-state index in [0.717, 1.165) is 116 Å². The van der Waals surface area contributed by atoms with Gasteiger partial charge in [-0.15, -0.1) is 0 Å². The number of halogens is 3. The molecule has 0 saturated heterocycles. The lowest BCUT2D eigenvalue weighted by atomic mass is 9.90. The third-order valence-electron chi connectivity index (χ3n) is 14.4. The van der Waals surface area contributed by atoms with E-state index in [1.54, 1.807) is 12.1 Å². The fourth-order valence-corrected chi connectivity index (χ4v) is 11.0. The molecule has 0 bridgehead atoms. The first-order valence-electron chi connectivity index (χ1n) is 24.5. The number of hydrogen-bond donors (Lipinski definition) is 0. The van der Waals surface area contributed by atoms with E-state index >= 15 is 13.2 Å². The molecule has 0 aliphatic heterocycles. The van der Waals surface area contributed by atoms with Crippen molar-refractivity contribution in [2.45, 2.75) is 33.9 Å². The first kappa shape index (κ1) is 45.7. The van der Waals surface area contributed by atoms with Gasteiger partial charge in [-0.3, -0.25) is 0 Å². The second kappa shape index (κ2) is 17.7. The van der Waals surface area contributed by atoms with Crippen LogP contribution in [0.15, 0.2) is 200 Å². The topological polar surface area (TPSA) is 57.4 Å². The molecule has 0 saturated carbocycles. The van der Waals surface area contributed by atoms with Crippen LogP contribution in [-0.4, -0.2) is 9.13 Å². The highest BCUT2D eigenvalue weighted by Crippen LogP contribution is 2.46. The number of benzene rings is 10. The van der Waals surface area contributed by atoms with Gasteiger partial charge in [0.1, 0.15) is 0 Å². The predicted molar refractivity (Wildman–Crippen MR) is 296 cm³/mol. The minimum absolute atomic E-state index is 0.00252. The van der Waals surface area contributed by atoms with Crippen molar-refractivity contribution >= 4 is 43.6 Å². The number of fused-ring (bicyclic) bond motifs is 6.